The van der Waals surface area contributed by atoms with Crippen LogP contribution < -0.4 is 27.2 Å². The number of anilines is 1. The number of benzene rings is 1. The first-order valence-electron chi connectivity index (χ1n) is 8.48. The molecule has 1 aromatic rings. The summed E-state index contributed by atoms with van der Waals surface area (Å²) < 4.78 is 0. The summed E-state index contributed by atoms with van der Waals surface area (Å²) in [6.45, 7) is 1.01. The smallest absolute Gasteiger partial charge is 0.244 e. The first kappa shape index (κ1) is 22.1. The quantitative estimate of drug-likeness (QED) is 0.161. The summed E-state index contributed by atoms with van der Waals surface area (Å²) >= 11 is 0. The van der Waals surface area contributed by atoms with Crippen LogP contribution in [0.2, 0.25) is 0 Å². The molecule has 0 bridgehead atoms. The summed E-state index contributed by atoms with van der Waals surface area (Å²) in [7, 11) is 0. The minimum atomic E-state index is -0.527. The number of primary amides is 1. The average Bonchev–Trinajstić information content (AvgIpc) is 2.64. The molecule has 0 fully saturated rings. The normalized spacial score (nSPS) is 10.1. The van der Waals surface area contributed by atoms with Crippen molar-refractivity contribution in [3.05, 3.63) is 29.8 Å². The number of carbonyl (C=O) groups is 4. The lowest BCUT2D eigenvalue weighted by Crippen LogP contribution is -2.27. The Morgan fingerprint density at radius 2 is 1.63 bits per heavy atom. The lowest BCUT2D eigenvalue weighted by atomic mass is 10.2. The maximum absolute atomic E-state index is 11.9. The largest absolute Gasteiger partial charge is 0.370 e. The van der Waals surface area contributed by atoms with Gasteiger partial charge in [-0.15, -0.1) is 0 Å². The van der Waals surface area contributed by atoms with Crippen LogP contribution >= 0.6 is 0 Å². The van der Waals surface area contributed by atoms with E-state index in [4.69, 9.17) is 10.9 Å². The molecule has 7 N–H and O–H groups in total. The Bertz CT molecular complexity index is 665. The zero-order valence-corrected chi connectivity index (χ0v) is 14.9. The fourth-order valence-corrected chi connectivity index (χ4v) is 2.09. The standard InChI is InChI=1S/C17H25N5O5/c18-14(23)4-5-15(24)20-11-12-2-1-3-13(10-12)21-16(25)6-8-19-9-7-17(26)22-27/h1-3,10,19,27H,4-9,11H2,(H2,18,23)(H,20,24)(H,21,25)(H,22,26). The van der Waals surface area contributed by atoms with Gasteiger partial charge in [0.15, 0.2) is 0 Å². The van der Waals surface area contributed by atoms with Gasteiger partial charge < -0.3 is 21.7 Å². The molecule has 0 unspecified atom stereocenters. The molecule has 10 nitrogen and oxygen atoms in total. The summed E-state index contributed by atoms with van der Waals surface area (Å²) in [6.07, 6.45) is 0.375. The van der Waals surface area contributed by atoms with Crippen LogP contribution in [0.1, 0.15) is 31.2 Å². The maximum Gasteiger partial charge on any atom is 0.244 e. The Hall–Kier alpha value is -2.98. The van der Waals surface area contributed by atoms with Gasteiger partial charge in [-0.3, -0.25) is 24.4 Å². The van der Waals surface area contributed by atoms with Crippen LogP contribution in [0.5, 0.6) is 0 Å². The third-order valence-corrected chi connectivity index (χ3v) is 3.48. The summed E-state index contributed by atoms with van der Waals surface area (Å²) in [4.78, 5) is 45.0. The van der Waals surface area contributed by atoms with Crippen molar-refractivity contribution in [2.24, 2.45) is 5.73 Å². The van der Waals surface area contributed by atoms with Gasteiger partial charge in [0, 0.05) is 51.0 Å². The Morgan fingerprint density at radius 1 is 0.926 bits per heavy atom. The topological polar surface area (TPSA) is 163 Å². The molecule has 10 heteroatoms. The minimum Gasteiger partial charge on any atom is -0.370 e. The van der Waals surface area contributed by atoms with E-state index in [9.17, 15) is 19.2 Å². The highest BCUT2D eigenvalue weighted by molar-refractivity contribution is 5.91. The number of hydroxylamine groups is 1. The minimum absolute atomic E-state index is 0.000633. The van der Waals surface area contributed by atoms with Gasteiger partial charge in [0.05, 0.1) is 0 Å². The van der Waals surface area contributed by atoms with Gasteiger partial charge in [0.2, 0.25) is 23.6 Å². The summed E-state index contributed by atoms with van der Waals surface area (Å²) in [6, 6.07) is 7.03. The van der Waals surface area contributed by atoms with Crippen molar-refractivity contribution in [3.63, 3.8) is 0 Å². The molecule has 0 saturated carbocycles. The highest BCUT2D eigenvalue weighted by atomic mass is 16.5. The van der Waals surface area contributed by atoms with E-state index in [2.05, 4.69) is 16.0 Å². The van der Waals surface area contributed by atoms with E-state index in [-0.39, 0.29) is 44.0 Å². The van der Waals surface area contributed by atoms with Crippen molar-refractivity contribution in [2.45, 2.75) is 32.2 Å². The van der Waals surface area contributed by atoms with E-state index in [1.807, 2.05) is 0 Å². The molecule has 0 aromatic heterocycles. The number of carbonyl (C=O) groups excluding carboxylic acids is 4. The van der Waals surface area contributed by atoms with Gasteiger partial charge in [-0.25, -0.2) is 5.48 Å². The van der Waals surface area contributed by atoms with Gasteiger partial charge in [-0.1, -0.05) is 12.1 Å². The van der Waals surface area contributed by atoms with Gasteiger partial charge in [0.25, 0.3) is 0 Å². The first-order chi connectivity index (χ1) is 12.9. The Labute approximate surface area is 156 Å². The third-order valence-electron chi connectivity index (χ3n) is 3.48. The Kier molecular flexibility index (Phi) is 10.1. The molecule has 0 saturated heterocycles. The fraction of sp³-hybridized carbons (Fsp3) is 0.412. The molecule has 0 radical (unpaired) electrons. The number of nitrogens with one attached hydrogen (secondary N) is 4. The summed E-state index contributed by atoms with van der Waals surface area (Å²) in [5, 5.41) is 16.7. The van der Waals surface area contributed by atoms with Crippen LogP contribution in [0, 0.1) is 0 Å². The second-order valence-corrected chi connectivity index (χ2v) is 5.78. The van der Waals surface area contributed by atoms with Crippen LogP contribution in [0.4, 0.5) is 5.69 Å². The van der Waals surface area contributed by atoms with Gasteiger partial charge >= 0.3 is 0 Å². The molecule has 0 atom stereocenters. The van der Waals surface area contributed by atoms with E-state index < -0.39 is 11.8 Å². The highest BCUT2D eigenvalue weighted by Crippen LogP contribution is 2.11. The highest BCUT2D eigenvalue weighted by Gasteiger charge is 2.06. The van der Waals surface area contributed by atoms with Gasteiger partial charge in [0.1, 0.15) is 0 Å². The average molecular weight is 379 g/mol. The van der Waals surface area contributed by atoms with Crippen LogP contribution in [-0.2, 0) is 25.7 Å². The van der Waals surface area contributed by atoms with Crippen LogP contribution in [-0.4, -0.2) is 41.9 Å². The second kappa shape index (κ2) is 12.4. The number of nitrogens with two attached hydrogens (primary N) is 1. The molecule has 0 heterocycles. The zero-order chi connectivity index (χ0) is 20.1. The Balaban J connectivity index is 2.32. The molecule has 1 aromatic carbocycles. The summed E-state index contributed by atoms with van der Waals surface area (Å²) in [5.74, 6) is -1.49. The van der Waals surface area contributed by atoms with Crippen molar-refractivity contribution in [1.29, 1.82) is 0 Å². The molecule has 148 valence electrons. The van der Waals surface area contributed by atoms with E-state index >= 15 is 0 Å². The predicted octanol–water partition coefficient (Wildman–Crippen LogP) is -0.618. The molecule has 4 amide bonds. The molecular weight excluding hydrogens is 354 g/mol. The monoisotopic (exact) mass is 379 g/mol. The van der Waals surface area contributed by atoms with Gasteiger partial charge in [-0.2, -0.15) is 0 Å². The third kappa shape index (κ3) is 10.6. The zero-order valence-electron chi connectivity index (χ0n) is 14.9. The van der Waals surface area contributed by atoms with Crippen LogP contribution in [0.15, 0.2) is 24.3 Å². The molecule has 1 rings (SSSR count). The van der Waals surface area contributed by atoms with Crippen molar-refractivity contribution >= 4 is 29.3 Å². The number of hydrogen-bond acceptors (Lipinski definition) is 6. The molecule has 0 spiro atoms. The van der Waals surface area contributed by atoms with Crippen LogP contribution in [0.25, 0.3) is 0 Å². The lowest BCUT2D eigenvalue weighted by molar-refractivity contribution is -0.129. The first-order valence-corrected chi connectivity index (χ1v) is 8.48. The van der Waals surface area contributed by atoms with Crippen molar-refractivity contribution in [1.82, 2.24) is 16.1 Å². The molecule has 27 heavy (non-hydrogen) atoms. The lowest BCUT2D eigenvalue weighted by Gasteiger charge is -2.09. The fourth-order valence-electron chi connectivity index (χ4n) is 2.09. The van der Waals surface area contributed by atoms with Crippen molar-refractivity contribution in [3.8, 4) is 0 Å². The van der Waals surface area contributed by atoms with Crippen molar-refractivity contribution < 1.29 is 24.4 Å². The van der Waals surface area contributed by atoms with E-state index in [0.29, 0.717) is 18.8 Å². The van der Waals surface area contributed by atoms with Crippen LogP contribution in [0.3, 0.4) is 0 Å². The molecular formula is C17H25N5O5. The predicted molar refractivity (Wildman–Crippen MR) is 97.4 cm³/mol. The van der Waals surface area contributed by atoms with E-state index in [1.165, 1.54) is 5.48 Å². The molecule has 0 aliphatic rings. The van der Waals surface area contributed by atoms with E-state index in [0.717, 1.165) is 5.56 Å². The Morgan fingerprint density at radius 3 is 2.30 bits per heavy atom. The number of rotatable bonds is 12. The maximum atomic E-state index is 11.9. The number of amides is 4. The van der Waals surface area contributed by atoms with E-state index in [1.54, 1.807) is 24.3 Å². The van der Waals surface area contributed by atoms with Gasteiger partial charge in [-0.05, 0) is 17.7 Å². The molecule has 0 aliphatic carbocycles. The number of hydrogen-bond donors (Lipinski definition) is 6. The molecule has 0 aliphatic heterocycles. The van der Waals surface area contributed by atoms with Crippen molar-refractivity contribution in [2.75, 3.05) is 18.4 Å². The second-order valence-electron chi connectivity index (χ2n) is 5.78. The SMILES string of the molecule is NC(=O)CCC(=O)NCc1cccc(NC(=O)CCNCCC(=O)NO)c1. The summed E-state index contributed by atoms with van der Waals surface area (Å²) in [5.41, 5.74) is 7.92.